The highest BCUT2D eigenvalue weighted by Gasteiger charge is 2.34. The summed E-state index contributed by atoms with van der Waals surface area (Å²) in [4.78, 5) is 0. The van der Waals surface area contributed by atoms with Gasteiger partial charge in [-0.3, -0.25) is 0 Å². The summed E-state index contributed by atoms with van der Waals surface area (Å²) in [5, 5.41) is 0. The van der Waals surface area contributed by atoms with Crippen LogP contribution < -0.4 is 0 Å². The summed E-state index contributed by atoms with van der Waals surface area (Å²) in [6.45, 7) is 15.3. The van der Waals surface area contributed by atoms with Crippen molar-refractivity contribution in [1.82, 2.24) is 0 Å². The van der Waals surface area contributed by atoms with Crippen molar-refractivity contribution in [3.05, 3.63) is 36.8 Å². The Hall–Kier alpha value is -0.643. The van der Waals surface area contributed by atoms with Crippen molar-refractivity contribution >= 4 is 8.07 Å². The summed E-state index contributed by atoms with van der Waals surface area (Å²) in [6, 6.07) is 0. The second kappa shape index (κ2) is 5.44. The van der Waals surface area contributed by atoms with Crippen molar-refractivity contribution in [3.63, 3.8) is 0 Å². The molecule has 0 radical (unpaired) electrons. The van der Waals surface area contributed by atoms with Crippen molar-refractivity contribution in [1.29, 1.82) is 0 Å². The van der Waals surface area contributed by atoms with Gasteiger partial charge in [-0.25, -0.2) is 0 Å². The van der Waals surface area contributed by atoms with Crippen LogP contribution in [0.3, 0.4) is 0 Å². The third-order valence-electron chi connectivity index (χ3n) is 2.87. The van der Waals surface area contributed by atoms with E-state index in [0.717, 1.165) is 13.0 Å². The topological polar surface area (TPSA) is 21.8 Å². The molecule has 0 aromatic heterocycles. The molecule has 2 atom stereocenters. The molecule has 1 saturated heterocycles. The molecule has 0 saturated carbocycles. The maximum absolute atomic E-state index is 5.88. The average molecular weight is 224 g/mol. The Morgan fingerprint density at radius 1 is 1.40 bits per heavy atom. The van der Waals surface area contributed by atoms with Gasteiger partial charge in [-0.1, -0.05) is 24.0 Å². The predicted octanol–water partition coefficient (Wildman–Crippen LogP) is 2.34. The minimum absolute atomic E-state index is 0.189. The van der Waals surface area contributed by atoms with E-state index in [0.29, 0.717) is 12.7 Å². The number of hydrogen-bond donors (Lipinski definition) is 0. The van der Waals surface area contributed by atoms with Crippen molar-refractivity contribution in [2.24, 2.45) is 0 Å². The molecule has 0 N–H and O–H groups in total. The van der Waals surface area contributed by atoms with E-state index in [2.05, 4.69) is 26.7 Å². The SMILES string of the molecule is C=C[Si](C=C)(C=C)C(CC)OCC1CO1. The normalized spacial score (nSPS) is 21.8. The summed E-state index contributed by atoms with van der Waals surface area (Å²) in [7, 11) is -1.87. The molecule has 0 bridgehead atoms. The lowest BCUT2D eigenvalue weighted by Gasteiger charge is -2.29. The van der Waals surface area contributed by atoms with Crippen molar-refractivity contribution < 1.29 is 9.47 Å². The van der Waals surface area contributed by atoms with Crippen LogP contribution in [-0.2, 0) is 9.47 Å². The van der Waals surface area contributed by atoms with Crippen LogP contribution in [0.25, 0.3) is 0 Å². The Labute approximate surface area is 93.3 Å². The average Bonchev–Trinajstić information content (AvgIpc) is 3.09. The van der Waals surface area contributed by atoms with E-state index >= 15 is 0 Å². The Kier molecular flexibility index (Phi) is 4.51. The van der Waals surface area contributed by atoms with Crippen LogP contribution in [0.4, 0.5) is 0 Å². The summed E-state index contributed by atoms with van der Waals surface area (Å²) in [6.07, 6.45) is 1.27. The lowest BCUT2D eigenvalue weighted by atomic mass is 10.5. The fourth-order valence-corrected chi connectivity index (χ4v) is 4.03. The summed E-state index contributed by atoms with van der Waals surface area (Å²) in [5.41, 5.74) is 6.13. The van der Waals surface area contributed by atoms with Crippen LogP contribution in [0, 0.1) is 0 Å². The highest BCUT2D eigenvalue weighted by atomic mass is 28.3. The lowest BCUT2D eigenvalue weighted by molar-refractivity contribution is 0.0847. The van der Waals surface area contributed by atoms with Crippen LogP contribution >= 0.6 is 0 Å². The Morgan fingerprint density at radius 2 is 1.93 bits per heavy atom. The van der Waals surface area contributed by atoms with Gasteiger partial charge in [-0.15, -0.1) is 19.7 Å². The lowest BCUT2D eigenvalue weighted by Crippen LogP contribution is -2.44. The maximum atomic E-state index is 5.88. The molecule has 1 heterocycles. The van der Waals surface area contributed by atoms with Crippen LogP contribution in [0.1, 0.15) is 13.3 Å². The van der Waals surface area contributed by atoms with E-state index in [1.807, 2.05) is 17.1 Å². The molecule has 1 fully saturated rings. The van der Waals surface area contributed by atoms with Crippen molar-refractivity contribution in [3.8, 4) is 0 Å². The van der Waals surface area contributed by atoms with Crippen LogP contribution in [0.5, 0.6) is 0 Å². The van der Waals surface area contributed by atoms with E-state index in [4.69, 9.17) is 9.47 Å². The molecule has 2 unspecified atom stereocenters. The second-order valence-electron chi connectivity index (χ2n) is 3.80. The first-order valence-corrected chi connectivity index (χ1v) is 7.67. The molecule has 0 aliphatic carbocycles. The molecular formula is C12H20O2Si. The van der Waals surface area contributed by atoms with Gasteiger partial charge < -0.3 is 9.47 Å². The second-order valence-corrected chi connectivity index (χ2v) is 7.67. The van der Waals surface area contributed by atoms with Crippen LogP contribution in [0.2, 0.25) is 0 Å². The van der Waals surface area contributed by atoms with Gasteiger partial charge in [0, 0.05) is 0 Å². The molecule has 3 heteroatoms. The smallest absolute Gasteiger partial charge is 0.155 e. The zero-order valence-electron chi connectivity index (χ0n) is 9.45. The molecule has 1 rings (SSSR count). The fraction of sp³-hybridized carbons (Fsp3) is 0.500. The highest BCUT2D eigenvalue weighted by molar-refractivity contribution is 6.94. The van der Waals surface area contributed by atoms with Gasteiger partial charge in [0.05, 0.1) is 18.9 Å². The zero-order chi connectivity index (χ0) is 11.3. The first kappa shape index (κ1) is 12.4. The van der Waals surface area contributed by atoms with Gasteiger partial charge in [-0.05, 0) is 6.42 Å². The van der Waals surface area contributed by atoms with Gasteiger partial charge in [0.2, 0.25) is 0 Å². The highest BCUT2D eigenvalue weighted by Crippen LogP contribution is 2.21. The Morgan fingerprint density at radius 3 is 2.27 bits per heavy atom. The van der Waals surface area contributed by atoms with E-state index in [9.17, 15) is 0 Å². The maximum Gasteiger partial charge on any atom is 0.155 e. The molecule has 15 heavy (non-hydrogen) atoms. The van der Waals surface area contributed by atoms with Crippen LogP contribution in [-0.4, -0.2) is 33.1 Å². The predicted molar refractivity (Wildman–Crippen MR) is 66.1 cm³/mol. The Bertz CT molecular complexity index is 224. The zero-order valence-corrected chi connectivity index (χ0v) is 10.4. The number of epoxide rings is 1. The van der Waals surface area contributed by atoms with E-state index in [1.165, 1.54) is 0 Å². The van der Waals surface area contributed by atoms with Crippen molar-refractivity contribution in [2.45, 2.75) is 25.2 Å². The molecule has 0 aromatic carbocycles. The third-order valence-corrected chi connectivity index (χ3v) is 6.69. The summed E-state index contributed by atoms with van der Waals surface area (Å²) >= 11 is 0. The largest absolute Gasteiger partial charge is 0.378 e. The first-order chi connectivity index (χ1) is 7.22. The van der Waals surface area contributed by atoms with E-state index in [1.54, 1.807) is 0 Å². The van der Waals surface area contributed by atoms with E-state index < -0.39 is 8.07 Å². The first-order valence-electron chi connectivity index (χ1n) is 5.36. The van der Waals surface area contributed by atoms with Gasteiger partial charge >= 0.3 is 0 Å². The minimum atomic E-state index is -1.87. The van der Waals surface area contributed by atoms with Crippen molar-refractivity contribution in [2.75, 3.05) is 13.2 Å². The third kappa shape index (κ3) is 2.90. The molecule has 0 amide bonds. The van der Waals surface area contributed by atoms with E-state index in [-0.39, 0.29) is 5.73 Å². The molecule has 84 valence electrons. The van der Waals surface area contributed by atoms with Gasteiger partial charge in [0.1, 0.15) is 6.10 Å². The summed E-state index contributed by atoms with van der Waals surface area (Å²) in [5.74, 6) is 0. The van der Waals surface area contributed by atoms with Crippen LogP contribution in [0.15, 0.2) is 36.8 Å². The van der Waals surface area contributed by atoms with Gasteiger partial charge in [0.15, 0.2) is 8.07 Å². The number of ether oxygens (including phenoxy) is 2. The quantitative estimate of drug-likeness (QED) is 0.466. The Balaban J connectivity index is 2.62. The number of rotatable bonds is 8. The molecular weight excluding hydrogens is 204 g/mol. The van der Waals surface area contributed by atoms with Gasteiger partial charge in [0.25, 0.3) is 0 Å². The fourth-order valence-electron chi connectivity index (χ4n) is 1.65. The van der Waals surface area contributed by atoms with Gasteiger partial charge in [-0.2, -0.15) is 0 Å². The minimum Gasteiger partial charge on any atom is -0.378 e. The molecule has 1 aliphatic rings. The number of hydrogen-bond acceptors (Lipinski definition) is 2. The molecule has 1 aliphatic heterocycles. The monoisotopic (exact) mass is 224 g/mol. The molecule has 0 spiro atoms. The standard InChI is InChI=1S/C12H20O2Si/c1-5-12(14-10-11-9-13-11)15(6-2,7-3)8-4/h6-8,11-12H,2-5,9-10H2,1H3. The molecule has 2 nitrogen and oxygen atoms in total. The molecule has 0 aromatic rings. The summed E-state index contributed by atoms with van der Waals surface area (Å²) < 4.78 is 11.0.